The van der Waals surface area contributed by atoms with Crippen LogP contribution >= 0.6 is 0 Å². The number of nitrogens with zero attached hydrogens (tertiary/aromatic N) is 1. The van der Waals surface area contributed by atoms with Crippen molar-refractivity contribution in [3.8, 4) is 5.75 Å². The Labute approximate surface area is 124 Å². The molecule has 5 heteroatoms. The molecule has 5 nitrogen and oxygen atoms in total. The van der Waals surface area contributed by atoms with Crippen LogP contribution in [-0.2, 0) is 6.54 Å². The summed E-state index contributed by atoms with van der Waals surface area (Å²) in [4.78, 5) is 15.7. The van der Waals surface area contributed by atoms with Gasteiger partial charge in [-0.1, -0.05) is 24.3 Å². The number of nitrogens with one attached hydrogen (secondary N) is 2. The largest absolute Gasteiger partial charge is 0.494 e. The highest BCUT2D eigenvalue weighted by molar-refractivity contribution is 5.73. The van der Waals surface area contributed by atoms with Gasteiger partial charge in [0.2, 0.25) is 0 Å². The van der Waals surface area contributed by atoms with Crippen molar-refractivity contribution in [3.63, 3.8) is 0 Å². The van der Waals surface area contributed by atoms with Crippen LogP contribution in [0.4, 0.5) is 4.79 Å². The van der Waals surface area contributed by atoms with E-state index in [9.17, 15) is 4.79 Å². The number of carbonyl (C=O) groups is 1. The number of amides is 2. The van der Waals surface area contributed by atoms with Crippen molar-refractivity contribution in [2.75, 3.05) is 13.2 Å². The predicted octanol–water partition coefficient (Wildman–Crippen LogP) is 2.35. The second kappa shape index (κ2) is 8.58. The van der Waals surface area contributed by atoms with E-state index in [0.29, 0.717) is 19.7 Å². The summed E-state index contributed by atoms with van der Waals surface area (Å²) in [5.74, 6) is 0.845. The van der Waals surface area contributed by atoms with Crippen LogP contribution in [0.15, 0.2) is 54.7 Å². The number of aromatic nitrogens is 1. The highest BCUT2D eigenvalue weighted by Gasteiger charge is 2.00. The Morgan fingerprint density at radius 2 is 1.86 bits per heavy atom. The average molecular weight is 285 g/mol. The number of carbonyl (C=O) groups excluding carboxylic acids is 1. The first kappa shape index (κ1) is 14.8. The lowest BCUT2D eigenvalue weighted by Gasteiger charge is -2.08. The quantitative estimate of drug-likeness (QED) is 0.768. The minimum absolute atomic E-state index is 0.194. The van der Waals surface area contributed by atoms with E-state index in [1.807, 2.05) is 48.5 Å². The molecule has 0 saturated carbocycles. The molecule has 1 aromatic carbocycles. The van der Waals surface area contributed by atoms with Crippen molar-refractivity contribution in [2.24, 2.45) is 0 Å². The molecule has 21 heavy (non-hydrogen) atoms. The Morgan fingerprint density at radius 3 is 2.62 bits per heavy atom. The molecule has 2 aromatic rings. The molecule has 0 radical (unpaired) electrons. The summed E-state index contributed by atoms with van der Waals surface area (Å²) in [5, 5.41) is 5.54. The fraction of sp³-hybridized carbons (Fsp3) is 0.250. The van der Waals surface area contributed by atoms with Crippen LogP contribution in [0.25, 0.3) is 0 Å². The van der Waals surface area contributed by atoms with E-state index < -0.39 is 0 Å². The zero-order chi connectivity index (χ0) is 14.8. The van der Waals surface area contributed by atoms with Crippen LogP contribution in [0, 0.1) is 0 Å². The minimum Gasteiger partial charge on any atom is -0.494 e. The molecule has 2 N–H and O–H groups in total. The Kier molecular flexibility index (Phi) is 6.06. The molecule has 2 amide bonds. The number of hydrogen-bond acceptors (Lipinski definition) is 3. The maximum atomic E-state index is 11.6. The summed E-state index contributed by atoms with van der Waals surface area (Å²) < 4.78 is 5.54. The van der Waals surface area contributed by atoms with Gasteiger partial charge in [0, 0.05) is 12.7 Å². The lowest BCUT2D eigenvalue weighted by Crippen LogP contribution is -2.36. The zero-order valence-electron chi connectivity index (χ0n) is 11.8. The molecule has 1 aromatic heterocycles. The van der Waals surface area contributed by atoms with E-state index in [1.54, 1.807) is 6.20 Å². The Balaban J connectivity index is 1.53. The van der Waals surface area contributed by atoms with Crippen molar-refractivity contribution in [2.45, 2.75) is 13.0 Å². The standard InChI is InChI=1S/C16H19N3O2/c20-16(19-13-14-7-4-5-10-17-14)18-11-6-12-21-15-8-2-1-3-9-15/h1-5,7-10H,6,11-13H2,(H2,18,19,20). The SMILES string of the molecule is O=C(NCCCOc1ccccc1)NCc1ccccn1. The second-order valence-electron chi connectivity index (χ2n) is 4.45. The summed E-state index contributed by atoms with van der Waals surface area (Å²) in [7, 11) is 0. The maximum absolute atomic E-state index is 11.6. The van der Waals surface area contributed by atoms with Gasteiger partial charge in [-0.05, 0) is 30.7 Å². The van der Waals surface area contributed by atoms with Gasteiger partial charge in [-0.15, -0.1) is 0 Å². The molecule has 0 aliphatic heterocycles. The van der Waals surface area contributed by atoms with Crippen LogP contribution < -0.4 is 15.4 Å². The Morgan fingerprint density at radius 1 is 1.05 bits per heavy atom. The highest BCUT2D eigenvalue weighted by atomic mass is 16.5. The topological polar surface area (TPSA) is 63.2 Å². The molecule has 0 bridgehead atoms. The van der Waals surface area contributed by atoms with Crippen LogP contribution in [0.2, 0.25) is 0 Å². The molecule has 2 rings (SSSR count). The smallest absolute Gasteiger partial charge is 0.315 e. The normalized spacial score (nSPS) is 9.90. The lowest BCUT2D eigenvalue weighted by molar-refractivity contribution is 0.238. The van der Waals surface area contributed by atoms with E-state index in [1.165, 1.54) is 0 Å². The first-order valence-electron chi connectivity index (χ1n) is 6.94. The lowest BCUT2D eigenvalue weighted by atomic mass is 10.3. The number of urea groups is 1. The van der Waals surface area contributed by atoms with Gasteiger partial charge >= 0.3 is 6.03 Å². The molecule has 110 valence electrons. The number of rotatable bonds is 7. The first-order chi connectivity index (χ1) is 10.3. The number of para-hydroxylation sites is 1. The summed E-state index contributed by atoms with van der Waals surface area (Å²) >= 11 is 0. The summed E-state index contributed by atoms with van der Waals surface area (Å²) in [6.45, 7) is 1.57. The fourth-order valence-electron chi connectivity index (χ4n) is 1.72. The van der Waals surface area contributed by atoms with Crippen LogP contribution in [0.5, 0.6) is 5.75 Å². The van der Waals surface area contributed by atoms with E-state index >= 15 is 0 Å². The van der Waals surface area contributed by atoms with Crippen LogP contribution in [0.3, 0.4) is 0 Å². The van der Waals surface area contributed by atoms with Crippen LogP contribution in [-0.4, -0.2) is 24.2 Å². The summed E-state index contributed by atoms with van der Waals surface area (Å²) in [5.41, 5.74) is 0.833. The van der Waals surface area contributed by atoms with Gasteiger partial charge in [-0.3, -0.25) is 4.98 Å². The summed E-state index contributed by atoms with van der Waals surface area (Å²) in [6.07, 6.45) is 2.46. The average Bonchev–Trinajstić information content (AvgIpc) is 2.54. The molecular weight excluding hydrogens is 266 g/mol. The van der Waals surface area contributed by atoms with Gasteiger partial charge in [0.25, 0.3) is 0 Å². The van der Waals surface area contributed by atoms with Gasteiger partial charge in [0.15, 0.2) is 0 Å². The molecule has 0 fully saturated rings. The van der Waals surface area contributed by atoms with E-state index in [0.717, 1.165) is 17.9 Å². The van der Waals surface area contributed by atoms with Crippen molar-refractivity contribution in [3.05, 3.63) is 60.4 Å². The van der Waals surface area contributed by atoms with Gasteiger partial charge in [0.1, 0.15) is 5.75 Å². The van der Waals surface area contributed by atoms with Crippen molar-refractivity contribution < 1.29 is 9.53 Å². The molecule has 0 unspecified atom stereocenters. The molecule has 0 aliphatic rings. The van der Waals surface area contributed by atoms with Gasteiger partial charge < -0.3 is 15.4 Å². The molecule has 0 spiro atoms. The molecule has 0 saturated heterocycles. The van der Waals surface area contributed by atoms with Gasteiger partial charge in [-0.25, -0.2) is 4.79 Å². The van der Waals surface area contributed by atoms with Gasteiger partial charge in [-0.2, -0.15) is 0 Å². The van der Waals surface area contributed by atoms with Crippen molar-refractivity contribution in [1.29, 1.82) is 0 Å². The van der Waals surface area contributed by atoms with Crippen molar-refractivity contribution >= 4 is 6.03 Å². The number of ether oxygens (including phenoxy) is 1. The second-order valence-corrected chi connectivity index (χ2v) is 4.45. The highest BCUT2D eigenvalue weighted by Crippen LogP contribution is 2.07. The number of pyridine rings is 1. The van der Waals surface area contributed by atoms with Gasteiger partial charge in [0.05, 0.1) is 18.8 Å². The molecule has 1 heterocycles. The predicted molar refractivity (Wildman–Crippen MR) is 81.0 cm³/mol. The first-order valence-corrected chi connectivity index (χ1v) is 6.94. The third-order valence-electron chi connectivity index (χ3n) is 2.77. The molecular formula is C16H19N3O2. The third-order valence-corrected chi connectivity index (χ3v) is 2.77. The molecule has 0 atom stereocenters. The maximum Gasteiger partial charge on any atom is 0.315 e. The number of hydrogen-bond donors (Lipinski definition) is 2. The Bertz CT molecular complexity index is 532. The Hall–Kier alpha value is -2.56. The van der Waals surface area contributed by atoms with E-state index in [2.05, 4.69) is 15.6 Å². The minimum atomic E-state index is -0.194. The molecule has 0 aliphatic carbocycles. The van der Waals surface area contributed by atoms with Crippen molar-refractivity contribution in [1.82, 2.24) is 15.6 Å². The van der Waals surface area contributed by atoms with Crippen LogP contribution in [0.1, 0.15) is 12.1 Å². The zero-order valence-corrected chi connectivity index (χ0v) is 11.8. The van der Waals surface area contributed by atoms with E-state index in [-0.39, 0.29) is 6.03 Å². The fourth-order valence-corrected chi connectivity index (χ4v) is 1.72. The monoisotopic (exact) mass is 285 g/mol. The van der Waals surface area contributed by atoms with E-state index in [4.69, 9.17) is 4.74 Å². The summed E-state index contributed by atoms with van der Waals surface area (Å²) in [6, 6.07) is 15.0. The third kappa shape index (κ3) is 5.95. The number of benzene rings is 1.